The van der Waals surface area contributed by atoms with E-state index in [-0.39, 0.29) is 12.5 Å². The number of sulfonamides is 1. The molecule has 3 aromatic rings. The molecule has 3 rings (SSSR count). The summed E-state index contributed by atoms with van der Waals surface area (Å²) in [7, 11) is -2.08. The molecule has 0 N–H and O–H groups in total. The minimum Gasteiger partial charge on any atom is -0.282 e. The first kappa shape index (κ1) is 19.8. The van der Waals surface area contributed by atoms with Crippen molar-refractivity contribution in [2.45, 2.75) is 6.54 Å². The van der Waals surface area contributed by atoms with Crippen molar-refractivity contribution in [3.05, 3.63) is 59.1 Å². The van der Waals surface area contributed by atoms with E-state index in [1.165, 1.54) is 23.3 Å². The summed E-state index contributed by atoms with van der Waals surface area (Å²) < 4.78 is 25.3. The van der Waals surface area contributed by atoms with E-state index in [2.05, 4.69) is 4.98 Å². The predicted octanol–water partition coefficient (Wildman–Crippen LogP) is 3.37. The van der Waals surface area contributed by atoms with Gasteiger partial charge in [-0.2, -0.15) is 4.31 Å². The van der Waals surface area contributed by atoms with Crippen LogP contribution in [-0.4, -0.2) is 43.5 Å². The SMILES string of the molecule is CN(CC(=O)N(Cc1ccccc1)c1nc2ccc(Cl)cc2s1)S(C)(=O)=O. The number of rotatable bonds is 6. The lowest BCUT2D eigenvalue weighted by Crippen LogP contribution is -2.40. The molecule has 9 heteroatoms. The maximum Gasteiger partial charge on any atom is 0.244 e. The number of hydrogen-bond donors (Lipinski definition) is 0. The van der Waals surface area contributed by atoms with Crippen molar-refractivity contribution in [1.29, 1.82) is 0 Å². The molecular formula is C18H18ClN3O3S2. The van der Waals surface area contributed by atoms with Gasteiger partial charge in [-0.25, -0.2) is 13.4 Å². The van der Waals surface area contributed by atoms with Crippen LogP contribution in [0.25, 0.3) is 10.2 Å². The van der Waals surface area contributed by atoms with Crippen molar-refractivity contribution < 1.29 is 13.2 Å². The van der Waals surface area contributed by atoms with Gasteiger partial charge in [-0.1, -0.05) is 53.3 Å². The number of fused-ring (bicyclic) bond motifs is 1. The first-order chi connectivity index (χ1) is 12.7. The minimum absolute atomic E-state index is 0.262. The number of carbonyl (C=O) groups excluding carboxylic acids is 1. The normalized spacial score (nSPS) is 11.9. The number of hydrogen-bond acceptors (Lipinski definition) is 5. The number of likely N-dealkylation sites (N-methyl/N-ethyl adjacent to an activating group) is 1. The highest BCUT2D eigenvalue weighted by Gasteiger charge is 2.24. The summed E-state index contributed by atoms with van der Waals surface area (Å²) >= 11 is 7.39. The summed E-state index contributed by atoms with van der Waals surface area (Å²) in [4.78, 5) is 19.0. The van der Waals surface area contributed by atoms with E-state index < -0.39 is 10.0 Å². The van der Waals surface area contributed by atoms with E-state index in [4.69, 9.17) is 11.6 Å². The van der Waals surface area contributed by atoms with E-state index in [9.17, 15) is 13.2 Å². The van der Waals surface area contributed by atoms with Crippen molar-refractivity contribution in [1.82, 2.24) is 9.29 Å². The Bertz CT molecular complexity index is 1070. The van der Waals surface area contributed by atoms with Crippen LogP contribution < -0.4 is 4.90 Å². The molecule has 0 saturated carbocycles. The molecule has 2 aromatic carbocycles. The third-order valence-corrected chi connectivity index (χ3v) is 6.52. The maximum absolute atomic E-state index is 12.9. The van der Waals surface area contributed by atoms with Gasteiger partial charge in [0.25, 0.3) is 0 Å². The number of carbonyl (C=O) groups is 1. The monoisotopic (exact) mass is 423 g/mol. The van der Waals surface area contributed by atoms with Crippen molar-refractivity contribution in [3.63, 3.8) is 0 Å². The second-order valence-corrected chi connectivity index (χ2v) is 9.63. The summed E-state index contributed by atoms with van der Waals surface area (Å²) in [5.41, 5.74) is 1.66. The lowest BCUT2D eigenvalue weighted by atomic mass is 10.2. The number of amides is 1. The van der Waals surface area contributed by atoms with Gasteiger partial charge in [0.2, 0.25) is 15.9 Å². The molecule has 1 amide bonds. The van der Waals surface area contributed by atoms with Gasteiger partial charge in [0.15, 0.2) is 5.13 Å². The van der Waals surface area contributed by atoms with E-state index >= 15 is 0 Å². The third kappa shape index (κ3) is 4.84. The Morgan fingerprint density at radius 2 is 1.89 bits per heavy atom. The average molecular weight is 424 g/mol. The number of halogens is 1. The topological polar surface area (TPSA) is 70.6 Å². The lowest BCUT2D eigenvalue weighted by Gasteiger charge is -2.22. The summed E-state index contributed by atoms with van der Waals surface area (Å²) in [6.45, 7) is 0.0349. The third-order valence-electron chi connectivity index (χ3n) is 3.98. The first-order valence-electron chi connectivity index (χ1n) is 8.06. The van der Waals surface area contributed by atoms with Crippen LogP contribution in [-0.2, 0) is 21.4 Å². The molecular weight excluding hydrogens is 406 g/mol. The Kier molecular flexibility index (Phi) is 5.81. The fourth-order valence-corrected chi connectivity index (χ4v) is 4.03. The smallest absolute Gasteiger partial charge is 0.244 e. The zero-order valence-corrected chi connectivity index (χ0v) is 17.2. The van der Waals surface area contributed by atoms with Crippen molar-refractivity contribution in [3.8, 4) is 0 Å². The second-order valence-electron chi connectivity index (χ2n) is 6.09. The number of anilines is 1. The molecule has 0 spiro atoms. The summed E-state index contributed by atoms with van der Waals surface area (Å²) in [6, 6.07) is 14.8. The highest BCUT2D eigenvalue weighted by molar-refractivity contribution is 7.88. The lowest BCUT2D eigenvalue weighted by molar-refractivity contribution is -0.118. The maximum atomic E-state index is 12.9. The molecule has 0 unspecified atom stereocenters. The van der Waals surface area contributed by atoms with Gasteiger partial charge in [-0.3, -0.25) is 9.69 Å². The Balaban J connectivity index is 1.96. The zero-order valence-electron chi connectivity index (χ0n) is 14.8. The first-order valence-corrected chi connectivity index (χ1v) is 11.1. The molecule has 0 atom stereocenters. The molecule has 0 saturated heterocycles. The van der Waals surface area contributed by atoms with Crippen LogP contribution in [0.1, 0.15) is 5.56 Å². The predicted molar refractivity (Wildman–Crippen MR) is 110 cm³/mol. The molecule has 142 valence electrons. The van der Waals surface area contributed by atoms with Crippen molar-refractivity contribution in [2.75, 3.05) is 24.7 Å². The van der Waals surface area contributed by atoms with Gasteiger partial charge in [-0.15, -0.1) is 0 Å². The molecule has 1 heterocycles. The minimum atomic E-state index is -3.47. The highest BCUT2D eigenvalue weighted by Crippen LogP contribution is 2.31. The fraction of sp³-hybridized carbons (Fsp3) is 0.222. The van der Waals surface area contributed by atoms with E-state index in [1.807, 2.05) is 30.3 Å². The molecule has 0 aliphatic heterocycles. The van der Waals surface area contributed by atoms with Crippen LogP contribution in [0.5, 0.6) is 0 Å². The molecule has 1 aromatic heterocycles. The van der Waals surface area contributed by atoms with Crippen LogP contribution >= 0.6 is 22.9 Å². The van der Waals surface area contributed by atoms with Gasteiger partial charge in [0.1, 0.15) is 0 Å². The molecule has 27 heavy (non-hydrogen) atoms. The standard InChI is InChI=1S/C18H18ClN3O3S2/c1-21(27(2,24)25)12-17(23)22(11-13-6-4-3-5-7-13)18-20-15-9-8-14(19)10-16(15)26-18/h3-10H,11-12H2,1-2H3. The summed E-state index contributed by atoms with van der Waals surface area (Å²) in [6.07, 6.45) is 1.07. The Morgan fingerprint density at radius 1 is 1.19 bits per heavy atom. The average Bonchev–Trinajstić information content (AvgIpc) is 3.02. The van der Waals surface area contributed by atoms with E-state index in [1.54, 1.807) is 18.2 Å². The quantitative estimate of drug-likeness (QED) is 0.609. The highest BCUT2D eigenvalue weighted by atomic mass is 35.5. The van der Waals surface area contributed by atoms with Gasteiger partial charge in [0, 0.05) is 12.1 Å². The zero-order chi connectivity index (χ0) is 19.6. The fourth-order valence-electron chi connectivity index (χ4n) is 2.42. The molecule has 0 aliphatic carbocycles. The van der Waals surface area contributed by atoms with Gasteiger partial charge >= 0.3 is 0 Å². The van der Waals surface area contributed by atoms with Gasteiger partial charge in [-0.05, 0) is 23.8 Å². The number of benzene rings is 2. The largest absolute Gasteiger partial charge is 0.282 e. The van der Waals surface area contributed by atoms with Crippen LogP contribution in [0.3, 0.4) is 0 Å². The molecule has 6 nitrogen and oxygen atoms in total. The molecule has 0 aliphatic rings. The Hall–Kier alpha value is -2.00. The van der Waals surface area contributed by atoms with Gasteiger partial charge in [0.05, 0.1) is 29.6 Å². The van der Waals surface area contributed by atoms with Crippen LogP contribution in [0, 0.1) is 0 Å². The van der Waals surface area contributed by atoms with Crippen LogP contribution in [0.15, 0.2) is 48.5 Å². The summed E-state index contributed by atoms with van der Waals surface area (Å²) in [5.74, 6) is -0.350. The molecule has 0 radical (unpaired) electrons. The second kappa shape index (κ2) is 7.93. The van der Waals surface area contributed by atoms with Crippen LogP contribution in [0.2, 0.25) is 5.02 Å². The number of nitrogens with zero attached hydrogens (tertiary/aromatic N) is 3. The summed E-state index contributed by atoms with van der Waals surface area (Å²) in [5, 5.41) is 1.10. The molecule has 0 fully saturated rings. The van der Waals surface area contributed by atoms with Crippen molar-refractivity contribution >= 4 is 54.2 Å². The Labute approximate surface area is 167 Å². The van der Waals surface area contributed by atoms with Gasteiger partial charge < -0.3 is 0 Å². The number of thiazole rings is 1. The Morgan fingerprint density at radius 3 is 2.56 bits per heavy atom. The molecule has 0 bridgehead atoms. The van der Waals surface area contributed by atoms with Crippen LogP contribution in [0.4, 0.5) is 5.13 Å². The van der Waals surface area contributed by atoms with E-state index in [0.717, 1.165) is 26.3 Å². The number of aromatic nitrogens is 1. The van der Waals surface area contributed by atoms with E-state index in [0.29, 0.717) is 16.7 Å². The van der Waals surface area contributed by atoms with Crippen molar-refractivity contribution in [2.24, 2.45) is 0 Å².